The summed E-state index contributed by atoms with van der Waals surface area (Å²) in [5.74, 6) is -2.51. The van der Waals surface area contributed by atoms with Gasteiger partial charge in [-0.3, -0.25) is 14.4 Å². The van der Waals surface area contributed by atoms with Crippen LogP contribution in [0.2, 0.25) is 0 Å². The van der Waals surface area contributed by atoms with Gasteiger partial charge in [-0.2, -0.15) is 0 Å². The number of aliphatic carboxylic acids is 1. The van der Waals surface area contributed by atoms with Crippen LogP contribution in [0.4, 0.5) is 0 Å². The topological polar surface area (TPSA) is 194 Å². The molecule has 196 valence electrons. The monoisotopic (exact) mass is 484 g/mol. The van der Waals surface area contributed by atoms with E-state index in [9.17, 15) is 24.3 Å². The Morgan fingerprint density at radius 1 is 1.03 bits per heavy atom. The zero-order valence-corrected chi connectivity index (χ0v) is 20.6. The first-order valence-electron chi connectivity index (χ1n) is 12.5. The number of carboxylic acids is 1. The molecule has 0 radical (unpaired) electrons. The molecule has 3 amide bonds. The van der Waals surface area contributed by atoms with Gasteiger partial charge in [-0.1, -0.05) is 26.7 Å². The Balaban J connectivity index is 2.88. The van der Waals surface area contributed by atoms with Crippen LogP contribution in [0.1, 0.15) is 71.6 Å². The number of rotatable bonds is 16. The Morgan fingerprint density at radius 3 is 2.21 bits per heavy atom. The van der Waals surface area contributed by atoms with E-state index < -0.39 is 42.0 Å². The molecular formula is C23H44N6O5. The van der Waals surface area contributed by atoms with Crippen molar-refractivity contribution in [3.63, 3.8) is 0 Å². The lowest BCUT2D eigenvalue weighted by Gasteiger charge is -2.32. The molecular weight excluding hydrogens is 440 g/mol. The summed E-state index contributed by atoms with van der Waals surface area (Å²) in [6.45, 7) is 5.13. The van der Waals surface area contributed by atoms with Gasteiger partial charge in [0.05, 0.1) is 6.04 Å². The van der Waals surface area contributed by atoms with E-state index in [0.29, 0.717) is 58.2 Å². The van der Waals surface area contributed by atoms with Gasteiger partial charge in [-0.25, -0.2) is 4.79 Å². The molecule has 11 nitrogen and oxygen atoms in total. The largest absolute Gasteiger partial charge is 0.480 e. The third-order valence-electron chi connectivity index (χ3n) is 6.48. The first-order valence-corrected chi connectivity index (χ1v) is 12.5. The van der Waals surface area contributed by atoms with Crippen molar-refractivity contribution in [2.45, 2.75) is 95.8 Å². The molecule has 1 saturated heterocycles. The first kappa shape index (κ1) is 29.8. The molecule has 1 heterocycles. The fourth-order valence-electron chi connectivity index (χ4n) is 4.08. The Hall–Kier alpha value is -2.24. The average Bonchev–Trinajstić information content (AvgIpc) is 3.31. The van der Waals surface area contributed by atoms with Crippen molar-refractivity contribution in [3.05, 3.63) is 0 Å². The van der Waals surface area contributed by atoms with Crippen LogP contribution in [0.5, 0.6) is 0 Å². The molecule has 0 aromatic carbocycles. The summed E-state index contributed by atoms with van der Waals surface area (Å²) in [5, 5.41) is 14.8. The molecule has 1 rings (SSSR count). The average molecular weight is 485 g/mol. The molecule has 1 aliphatic rings. The maximum absolute atomic E-state index is 13.5. The van der Waals surface area contributed by atoms with Crippen LogP contribution in [-0.4, -0.2) is 77.5 Å². The van der Waals surface area contributed by atoms with Gasteiger partial charge in [0.2, 0.25) is 17.7 Å². The molecule has 0 saturated carbocycles. The van der Waals surface area contributed by atoms with Gasteiger partial charge in [-0.05, 0) is 64.0 Å². The fourth-order valence-corrected chi connectivity index (χ4v) is 4.08. The molecule has 1 fully saturated rings. The van der Waals surface area contributed by atoms with Crippen molar-refractivity contribution in [2.24, 2.45) is 23.1 Å². The van der Waals surface area contributed by atoms with Crippen molar-refractivity contribution in [3.8, 4) is 0 Å². The highest BCUT2D eigenvalue weighted by Gasteiger charge is 2.40. The molecule has 0 spiro atoms. The van der Waals surface area contributed by atoms with Crippen LogP contribution in [-0.2, 0) is 19.2 Å². The number of nitrogens with zero attached hydrogens (tertiary/aromatic N) is 1. The molecule has 9 N–H and O–H groups in total. The van der Waals surface area contributed by atoms with E-state index in [0.717, 1.165) is 12.8 Å². The minimum absolute atomic E-state index is 0.167. The van der Waals surface area contributed by atoms with Gasteiger partial charge >= 0.3 is 5.97 Å². The smallest absolute Gasteiger partial charge is 0.326 e. The second kappa shape index (κ2) is 15.6. The zero-order chi connectivity index (χ0) is 25.7. The van der Waals surface area contributed by atoms with Crippen LogP contribution < -0.4 is 27.8 Å². The Labute approximate surface area is 202 Å². The number of unbranched alkanes of at least 4 members (excludes halogenated alkanes) is 2. The summed E-state index contributed by atoms with van der Waals surface area (Å²) in [6.07, 6.45) is 5.17. The number of likely N-dealkylation sites (tertiary alicyclic amines) is 1. The first-order chi connectivity index (χ1) is 16.2. The Kier molecular flexibility index (Phi) is 13.7. The number of carbonyl (C=O) groups is 4. The summed E-state index contributed by atoms with van der Waals surface area (Å²) in [6, 6.07) is -3.36. The molecule has 0 aliphatic carbocycles. The second-order valence-corrected chi connectivity index (χ2v) is 9.14. The van der Waals surface area contributed by atoms with Crippen LogP contribution in [0.15, 0.2) is 0 Å². The quantitative estimate of drug-likeness (QED) is 0.160. The van der Waals surface area contributed by atoms with Crippen molar-refractivity contribution < 1.29 is 24.3 Å². The van der Waals surface area contributed by atoms with Crippen LogP contribution in [0.3, 0.4) is 0 Å². The number of carbonyl (C=O) groups excluding carboxylic acids is 3. The normalized spacial score (nSPS) is 19.2. The number of amides is 3. The van der Waals surface area contributed by atoms with E-state index >= 15 is 0 Å². The number of hydrogen-bond donors (Lipinski definition) is 6. The van der Waals surface area contributed by atoms with E-state index in [4.69, 9.17) is 17.2 Å². The Bertz CT molecular complexity index is 676. The summed E-state index contributed by atoms with van der Waals surface area (Å²) >= 11 is 0. The van der Waals surface area contributed by atoms with Gasteiger partial charge in [0, 0.05) is 6.54 Å². The molecule has 0 aromatic rings. The predicted molar refractivity (Wildman–Crippen MR) is 129 cm³/mol. The maximum Gasteiger partial charge on any atom is 0.326 e. The van der Waals surface area contributed by atoms with Crippen molar-refractivity contribution in [1.29, 1.82) is 0 Å². The second-order valence-electron chi connectivity index (χ2n) is 9.14. The van der Waals surface area contributed by atoms with E-state index in [1.807, 2.05) is 13.8 Å². The maximum atomic E-state index is 13.5. The van der Waals surface area contributed by atoms with E-state index in [1.54, 1.807) is 0 Å². The molecule has 0 bridgehead atoms. The molecule has 5 atom stereocenters. The third kappa shape index (κ3) is 9.19. The minimum atomic E-state index is -1.12. The Morgan fingerprint density at radius 2 is 1.65 bits per heavy atom. The van der Waals surface area contributed by atoms with E-state index in [1.165, 1.54) is 4.90 Å². The van der Waals surface area contributed by atoms with Crippen molar-refractivity contribution >= 4 is 23.7 Å². The lowest BCUT2D eigenvalue weighted by atomic mass is 9.96. The van der Waals surface area contributed by atoms with Gasteiger partial charge in [0.1, 0.15) is 18.1 Å². The summed E-state index contributed by atoms with van der Waals surface area (Å²) in [7, 11) is 0. The number of nitrogens with one attached hydrogen (secondary N) is 2. The molecule has 5 unspecified atom stereocenters. The summed E-state index contributed by atoms with van der Waals surface area (Å²) in [4.78, 5) is 52.1. The lowest BCUT2D eigenvalue weighted by molar-refractivity contribution is -0.145. The number of hydrogen-bond acceptors (Lipinski definition) is 7. The van der Waals surface area contributed by atoms with E-state index in [2.05, 4.69) is 10.6 Å². The molecule has 1 aliphatic heterocycles. The van der Waals surface area contributed by atoms with Gasteiger partial charge in [0.15, 0.2) is 0 Å². The predicted octanol–water partition coefficient (Wildman–Crippen LogP) is -0.337. The SMILES string of the molecule is CCC(C)C(NC(=O)C(N)CCCCN)C(=O)N1CCCC1C(=O)NC(CCCCN)C(=O)O. The minimum Gasteiger partial charge on any atom is -0.480 e. The van der Waals surface area contributed by atoms with Crippen LogP contribution >= 0.6 is 0 Å². The van der Waals surface area contributed by atoms with Gasteiger partial charge < -0.3 is 37.8 Å². The molecule has 0 aromatic heterocycles. The standard InChI is InChI=1S/C23H44N6O5/c1-3-15(2)19(28-20(30)16(26)9-4-6-12-24)22(32)29-14-8-11-18(29)21(31)27-17(23(33)34)10-5-7-13-25/h15-19H,3-14,24-26H2,1-2H3,(H,27,31)(H,28,30)(H,33,34). The highest BCUT2D eigenvalue weighted by Crippen LogP contribution is 2.22. The number of carboxylic acid groups (broad SMARTS) is 1. The highest BCUT2D eigenvalue weighted by molar-refractivity contribution is 5.94. The van der Waals surface area contributed by atoms with E-state index in [-0.39, 0.29) is 18.2 Å². The van der Waals surface area contributed by atoms with Crippen LogP contribution in [0, 0.1) is 5.92 Å². The molecule has 11 heteroatoms. The third-order valence-corrected chi connectivity index (χ3v) is 6.48. The summed E-state index contributed by atoms with van der Waals surface area (Å²) < 4.78 is 0. The fraction of sp³-hybridized carbons (Fsp3) is 0.826. The lowest BCUT2D eigenvalue weighted by Crippen LogP contribution is -2.58. The summed E-state index contributed by atoms with van der Waals surface area (Å²) in [5.41, 5.74) is 17.0. The van der Waals surface area contributed by atoms with Gasteiger partial charge in [-0.15, -0.1) is 0 Å². The highest BCUT2D eigenvalue weighted by atomic mass is 16.4. The number of nitrogens with two attached hydrogens (primary N) is 3. The zero-order valence-electron chi connectivity index (χ0n) is 20.6. The van der Waals surface area contributed by atoms with Crippen molar-refractivity contribution in [1.82, 2.24) is 15.5 Å². The van der Waals surface area contributed by atoms with Crippen LogP contribution in [0.25, 0.3) is 0 Å². The van der Waals surface area contributed by atoms with Crippen molar-refractivity contribution in [2.75, 3.05) is 19.6 Å². The molecule has 34 heavy (non-hydrogen) atoms. The van der Waals surface area contributed by atoms with Gasteiger partial charge in [0.25, 0.3) is 0 Å².